The number of aromatic nitrogens is 2. The van der Waals surface area contributed by atoms with E-state index >= 15 is 0 Å². The molecule has 4 N–H and O–H groups in total. The second-order valence-electron chi connectivity index (χ2n) is 7.06. The molecule has 0 unspecified atom stereocenters. The van der Waals surface area contributed by atoms with Crippen molar-refractivity contribution in [3.63, 3.8) is 0 Å². The van der Waals surface area contributed by atoms with Gasteiger partial charge in [0.05, 0.1) is 0 Å². The number of amides is 4. The Bertz CT molecular complexity index is 1160. The van der Waals surface area contributed by atoms with Crippen LogP contribution in [0.3, 0.4) is 0 Å². The molecule has 0 atom stereocenters. The number of carbonyl (C=O) groups excluding carboxylic acids is 4. The van der Waals surface area contributed by atoms with Crippen LogP contribution in [0.15, 0.2) is 59.7 Å². The molecule has 0 spiro atoms. The molecule has 0 fully saturated rings. The van der Waals surface area contributed by atoms with Gasteiger partial charge in [-0.05, 0) is 36.8 Å². The quantitative estimate of drug-likeness (QED) is 0.489. The molecule has 2 aromatic heterocycles. The summed E-state index contributed by atoms with van der Waals surface area (Å²) in [7, 11) is 0. The Morgan fingerprint density at radius 3 is 1.67 bits per heavy atom. The summed E-state index contributed by atoms with van der Waals surface area (Å²) >= 11 is 0. The normalized spacial score (nSPS) is 12.3. The first kappa shape index (κ1) is 23.3. The van der Waals surface area contributed by atoms with E-state index in [1.807, 2.05) is 0 Å². The van der Waals surface area contributed by atoms with Crippen molar-refractivity contribution in [1.82, 2.24) is 9.97 Å². The van der Waals surface area contributed by atoms with Gasteiger partial charge in [0.25, 0.3) is 11.8 Å². The summed E-state index contributed by atoms with van der Waals surface area (Å²) in [5.41, 5.74) is 0.712. The third-order valence-corrected chi connectivity index (χ3v) is 4.58. The van der Waals surface area contributed by atoms with Crippen LogP contribution in [0.25, 0.3) is 0 Å². The molecule has 0 bridgehead atoms. The fraction of sp³-hybridized carbons (Fsp3) is 0.217. The highest BCUT2D eigenvalue weighted by Gasteiger charge is 2.19. The van der Waals surface area contributed by atoms with E-state index in [0.717, 1.165) is 0 Å². The number of anilines is 4. The molecule has 1 aliphatic rings. The molecule has 3 rings (SSSR count). The van der Waals surface area contributed by atoms with Crippen molar-refractivity contribution in [2.75, 3.05) is 21.3 Å². The van der Waals surface area contributed by atoms with Crippen molar-refractivity contribution in [3.05, 3.63) is 59.7 Å². The molecule has 2 heterocycles. The maximum absolute atomic E-state index is 12.6. The molecule has 10 nitrogen and oxygen atoms in total. The van der Waals surface area contributed by atoms with Crippen LogP contribution >= 0.6 is 0 Å². The second-order valence-corrected chi connectivity index (χ2v) is 7.06. The fourth-order valence-corrected chi connectivity index (χ4v) is 2.84. The predicted molar refractivity (Wildman–Crippen MR) is 124 cm³/mol. The molecule has 170 valence electrons. The van der Waals surface area contributed by atoms with E-state index in [0.29, 0.717) is 35.6 Å². The SMILES string of the molecule is CCC(=O)Nc1cccc(NC(=O)C2=CCC(C(=O)Nc3cccc(NC(=O)CC)n3)=C2)n1. The Kier molecular flexibility index (Phi) is 7.64. The smallest absolute Gasteiger partial charge is 0.256 e. The average molecular weight is 448 g/mol. The van der Waals surface area contributed by atoms with Crippen LogP contribution in [0.2, 0.25) is 0 Å². The standard InChI is InChI=1S/C23H24N6O4/c1-3-20(30)26-16-7-5-9-18(24-16)28-22(32)14-11-12-15(13-14)23(33)29-19-10-6-8-17(25-19)27-21(31)4-2/h5-11,13H,3-4,12H2,1-2H3,(H2,24,26,28,30,32)(H2,25,27,29,31,33). The van der Waals surface area contributed by atoms with Crippen molar-refractivity contribution in [2.24, 2.45) is 0 Å². The molecule has 10 heteroatoms. The minimum atomic E-state index is -0.424. The second kappa shape index (κ2) is 10.8. The van der Waals surface area contributed by atoms with Crippen molar-refractivity contribution >= 4 is 46.9 Å². The van der Waals surface area contributed by atoms with E-state index in [4.69, 9.17) is 0 Å². The average Bonchev–Trinajstić information content (AvgIpc) is 3.30. The van der Waals surface area contributed by atoms with Gasteiger partial charge < -0.3 is 21.3 Å². The molecule has 0 aliphatic heterocycles. The molecule has 0 radical (unpaired) electrons. The number of hydrogen-bond donors (Lipinski definition) is 4. The maximum atomic E-state index is 12.6. The molecule has 0 saturated carbocycles. The number of rotatable bonds is 8. The summed E-state index contributed by atoms with van der Waals surface area (Å²) in [5, 5.41) is 10.6. The Balaban J connectivity index is 1.60. The first-order valence-electron chi connectivity index (χ1n) is 10.4. The summed E-state index contributed by atoms with van der Waals surface area (Å²) in [4.78, 5) is 56.6. The van der Waals surface area contributed by atoms with Crippen LogP contribution in [0, 0.1) is 0 Å². The van der Waals surface area contributed by atoms with Gasteiger partial charge in [0, 0.05) is 24.0 Å². The zero-order valence-corrected chi connectivity index (χ0v) is 18.3. The first-order valence-corrected chi connectivity index (χ1v) is 10.4. The predicted octanol–water partition coefficient (Wildman–Crippen LogP) is 3.01. The van der Waals surface area contributed by atoms with E-state index in [1.165, 1.54) is 6.08 Å². The summed E-state index contributed by atoms with van der Waals surface area (Å²) in [6.07, 6.45) is 4.04. The number of nitrogens with zero attached hydrogens (tertiary/aromatic N) is 2. The van der Waals surface area contributed by atoms with Gasteiger partial charge in [-0.25, -0.2) is 9.97 Å². The van der Waals surface area contributed by atoms with Crippen LogP contribution < -0.4 is 21.3 Å². The van der Waals surface area contributed by atoms with Gasteiger partial charge in [-0.3, -0.25) is 19.2 Å². The molecule has 0 saturated heterocycles. The third-order valence-electron chi connectivity index (χ3n) is 4.58. The molecule has 0 aromatic carbocycles. The van der Waals surface area contributed by atoms with Crippen LogP contribution in [0.5, 0.6) is 0 Å². The largest absolute Gasteiger partial charge is 0.311 e. The third kappa shape index (κ3) is 6.57. The minimum absolute atomic E-state index is 0.183. The Morgan fingerprint density at radius 2 is 1.18 bits per heavy atom. The molecular formula is C23H24N6O4. The van der Waals surface area contributed by atoms with E-state index < -0.39 is 11.8 Å². The monoisotopic (exact) mass is 448 g/mol. The molecule has 4 amide bonds. The lowest BCUT2D eigenvalue weighted by atomic mass is 10.2. The summed E-state index contributed by atoms with van der Waals surface area (Å²) in [6.45, 7) is 3.45. The minimum Gasteiger partial charge on any atom is -0.311 e. The number of nitrogens with one attached hydrogen (secondary N) is 4. The highest BCUT2D eigenvalue weighted by molar-refractivity contribution is 6.11. The summed E-state index contributed by atoms with van der Waals surface area (Å²) in [6, 6.07) is 9.78. The van der Waals surface area contributed by atoms with Crippen LogP contribution in [-0.2, 0) is 19.2 Å². The van der Waals surface area contributed by atoms with E-state index in [-0.39, 0.29) is 29.9 Å². The van der Waals surface area contributed by atoms with Crippen molar-refractivity contribution < 1.29 is 19.2 Å². The number of carbonyl (C=O) groups is 4. The van der Waals surface area contributed by atoms with Gasteiger partial charge in [0.1, 0.15) is 23.3 Å². The molecule has 33 heavy (non-hydrogen) atoms. The van der Waals surface area contributed by atoms with Crippen molar-refractivity contribution in [1.29, 1.82) is 0 Å². The lowest BCUT2D eigenvalue weighted by Gasteiger charge is -2.08. The number of pyridine rings is 2. The lowest BCUT2D eigenvalue weighted by Crippen LogP contribution is -2.17. The van der Waals surface area contributed by atoms with Gasteiger partial charge in [-0.2, -0.15) is 0 Å². The Hall–Kier alpha value is -4.34. The maximum Gasteiger partial charge on any atom is 0.256 e. The van der Waals surface area contributed by atoms with Gasteiger partial charge >= 0.3 is 0 Å². The highest BCUT2D eigenvalue weighted by atomic mass is 16.2. The molecule has 1 aliphatic carbocycles. The number of hydrogen-bond acceptors (Lipinski definition) is 6. The van der Waals surface area contributed by atoms with E-state index in [2.05, 4.69) is 31.2 Å². The van der Waals surface area contributed by atoms with E-state index in [9.17, 15) is 19.2 Å². The van der Waals surface area contributed by atoms with Crippen molar-refractivity contribution in [2.45, 2.75) is 33.1 Å². The van der Waals surface area contributed by atoms with Crippen LogP contribution in [0.4, 0.5) is 23.3 Å². The Labute approximate surface area is 190 Å². The number of allylic oxidation sites excluding steroid dienone is 1. The molecule has 2 aromatic rings. The van der Waals surface area contributed by atoms with Crippen LogP contribution in [0.1, 0.15) is 33.1 Å². The summed E-state index contributed by atoms with van der Waals surface area (Å²) in [5.74, 6) is 0.0326. The molecular weight excluding hydrogens is 424 g/mol. The van der Waals surface area contributed by atoms with Gasteiger partial charge in [0.2, 0.25) is 11.8 Å². The zero-order chi connectivity index (χ0) is 23.8. The first-order chi connectivity index (χ1) is 15.9. The summed E-state index contributed by atoms with van der Waals surface area (Å²) < 4.78 is 0. The van der Waals surface area contributed by atoms with Gasteiger partial charge in [0.15, 0.2) is 0 Å². The van der Waals surface area contributed by atoms with Crippen LogP contribution in [-0.4, -0.2) is 33.6 Å². The fourth-order valence-electron chi connectivity index (χ4n) is 2.84. The van der Waals surface area contributed by atoms with Gasteiger partial charge in [-0.15, -0.1) is 0 Å². The highest BCUT2D eigenvalue weighted by Crippen LogP contribution is 2.21. The zero-order valence-electron chi connectivity index (χ0n) is 18.3. The van der Waals surface area contributed by atoms with Crippen molar-refractivity contribution in [3.8, 4) is 0 Å². The topological polar surface area (TPSA) is 142 Å². The van der Waals surface area contributed by atoms with Gasteiger partial charge in [-0.1, -0.05) is 32.1 Å². The van der Waals surface area contributed by atoms with E-state index in [1.54, 1.807) is 56.3 Å². The lowest BCUT2D eigenvalue weighted by molar-refractivity contribution is -0.116. The Morgan fingerprint density at radius 1 is 0.727 bits per heavy atom.